The molecule has 0 saturated heterocycles. The molecule has 0 bridgehead atoms. The number of carbonyl (C=O) groups excluding carboxylic acids is 1. The summed E-state index contributed by atoms with van der Waals surface area (Å²) in [4.78, 5) is 26.6. The third kappa shape index (κ3) is 3.22. The van der Waals surface area contributed by atoms with Crippen LogP contribution in [0.1, 0.15) is 30.0 Å². The second-order valence-electron chi connectivity index (χ2n) is 7.59. The lowest BCUT2D eigenvalue weighted by Crippen LogP contribution is -2.55. The lowest BCUT2D eigenvalue weighted by atomic mass is 9.77. The number of hydrogen-bond acceptors (Lipinski definition) is 4. The highest BCUT2D eigenvalue weighted by atomic mass is 16.5. The number of aliphatic carboxylic acids is 1. The molecule has 1 aliphatic carbocycles. The smallest absolute Gasteiger partial charge is 0.321 e. The van der Waals surface area contributed by atoms with Gasteiger partial charge in [-0.1, -0.05) is 85.8 Å². The fraction of sp³-hybridized carbons (Fsp3) is 0.231. The molecule has 5 nitrogen and oxygen atoms in total. The van der Waals surface area contributed by atoms with Crippen molar-refractivity contribution in [2.45, 2.75) is 24.9 Å². The Morgan fingerprint density at radius 3 is 1.90 bits per heavy atom. The number of ether oxygens (including phenoxy) is 1. The summed E-state index contributed by atoms with van der Waals surface area (Å²) < 4.78 is 4.84. The first kappa shape index (κ1) is 20.8. The third-order valence-corrected chi connectivity index (χ3v) is 6.14. The molecule has 3 aromatic rings. The molecule has 0 fully saturated rings. The van der Waals surface area contributed by atoms with Gasteiger partial charge in [-0.2, -0.15) is 0 Å². The quantitative estimate of drug-likeness (QED) is 0.583. The number of carboxylic acids is 1. The Kier molecular flexibility index (Phi) is 5.61. The number of nitrogens with zero attached hydrogens (tertiary/aromatic N) is 1. The molecule has 1 atom stereocenters. The number of esters is 1. The van der Waals surface area contributed by atoms with E-state index in [0.717, 1.165) is 27.8 Å². The number of rotatable bonds is 7. The molecule has 31 heavy (non-hydrogen) atoms. The minimum Gasteiger partial charge on any atom is -0.480 e. The van der Waals surface area contributed by atoms with E-state index in [0.29, 0.717) is 6.54 Å². The fourth-order valence-corrected chi connectivity index (χ4v) is 4.94. The van der Waals surface area contributed by atoms with Gasteiger partial charge >= 0.3 is 11.9 Å². The molecule has 0 aliphatic heterocycles. The SMILES string of the molecule is CCN([C@@H](CC(=O)OC)C(=O)O)C1(c2ccccc2)c2ccccc2-c2ccccc21. The van der Waals surface area contributed by atoms with Crippen LogP contribution in [0.15, 0.2) is 78.9 Å². The summed E-state index contributed by atoms with van der Waals surface area (Å²) in [5.41, 5.74) is 4.29. The van der Waals surface area contributed by atoms with Crippen LogP contribution in [0, 0.1) is 0 Å². The largest absolute Gasteiger partial charge is 0.480 e. The highest BCUT2D eigenvalue weighted by molar-refractivity contribution is 5.85. The van der Waals surface area contributed by atoms with Crippen molar-refractivity contribution in [3.63, 3.8) is 0 Å². The van der Waals surface area contributed by atoms with Gasteiger partial charge in [-0.3, -0.25) is 14.5 Å². The molecule has 0 amide bonds. The minimum atomic E-state index is -1.06. The maximum absolute atomic E-state index is 12.5. The van der Waals surface area contributed by atoms with Gasteiger partial charge in [0.05, 0.1) is 19.1 Å². The van der Waals surface area contributed by atoms with Gasteiger partial charge in [0.25, 0.3) is 0 Å². The average molecular weight is 415 g/mol. The number of hydrogen-bond donors (Lipinski definition) is 1. The zero-order valence-electron chi connectivity index (χ0n) is 17.6. The molecule has 0 heterocycles. The van der Waals surface area contributed by atoms with Crippen LogP contribution < -0.4 is 0 Å². The number of likely N-dealkylation sites (N-methyl/N-ethyl adjacent to an activating group) is 1. The summed E-state index contributed by atoms with van der Waals surface area (Å²) in [7, 11) is 1.28. The van der Waals surface area contributed by atoms with Crippen molar-refractivity contribution in [1.82, 2.24) is 4.90 Å². The third-order valence-electron chi connectivity index (χ3n) is 6.14. The van der Waals surface area contributed by atoms with Gasteiger partial charge in [-0.25, -0.2) is 0 Å². The Morgan fingerprint density at radius 2 is 1.42 bits per heavy atom. The monoisotopic (exact) mass is 415 g/mol. The van der Waals surface area contributed by atoms with Crippen molar-refractivity contribution in [3.05, 3.63) is 95.6 Å². The normalized spacial score (nSPS) is 14.5. The molecule has 1 N–H and O–H groups in total. The molecule has 4 rings (SSSR count). The molecule has 5 heteroatoms. The average Bonchev–Trinajstić information content (AvgIpc) is 3.11. The Balaban J connectivity index is 2.07. The molecule has 0 radical (unpaired) electrons. The molecule has 0 spiro atoms. The van der Waals surface area contributed by atoms with Gasteiger partial charge in [0.15, 0.2) is 0 Å². The predicted molar refractivity (Wildman–Crippen MR) is 119 cm³/mol. The van der Waals surface area contributed by atoms with Crippen molar-refractivity contribution in [3.8, 4) is 11.1 Å². The summed E-state index contributed by atoms with van der Waals surface area (Å²) in [6.45, 7) is 2.35. The van der Waals surface area contributed by atoms with Gasteiger partial charge in [-0.15, -0.1) is 0 Å². The van der Waals surface area contributed by atoms with Crippen molar-refractivity contribution in [2.24, 2.45) is 0 Å². The Hall–Kier alpha value is -3.44. The van der Waals surface area contributed by atoms with Gasteiger partial charge in [0.1, 0.15) is 6.04 Å². The van der Waals surface area contributed by atoms with Gasteiger partial charge in [0.2, 0.25) is 0 Å². The van der Waals surface area contributed by atoms with Crippen LogP contribution in [0.25, 0.3) is 11.1 Å². The van der Waals surface area contributed by atoms with Crippen LogP contribution in [0.4, 0.5) is 0 Å². The first-order valence-corrected chi connectivity index (χ1v) is 10.4. The fourth-order valence-electron chi connectivity index (χ4n) is 4.94. The molecule has 158 valence electrons. The predicted octanol–water partition coefficient (Wildman–Crippen LogP) is 4.30. The highest BCUT2D eigenvalue weighted by Crippen LogP contribution is 2.54. The Labute approximate surface area is 181 Å². The standard InChI is InChI=1S/C26H25NO4/c1-3-27(23(25(29)30)17-24(28)31-2)26(18-11-5-4-6-12-18)21-15-9-7-13-19(21)20-14-8-10-16-22(20)26/h4-16,23H,3,17H2,1-2H3,(H,29,30)/t23-/m0/s1. The minimum absolute atomic E-state index is 0.238. The number of fused-ring (bicyclic) bond motifs is 3. The molecule has 0 saturated carbocycles. The molecule has 0 aromatic heterocycles. The topological polar surface area (TPSA) is 66.8 Å². The Morgan fingerprint density at radius 1 is 0.903 bits per heavy atom. The van der Waals surface area contributed by atoms with Crippen LogP contribution in [0.2, 0.25) is 0 Å². The number of carboxylic acid groups (broad SMARTS) is 1. The first-order valence-electron chi connectivity index (χ1n) is 10.4. The number of methoxy groups -OCH3 is 1. The summed E-state index contributed by atoms with van der Waals surface area (Å²) in [5.74, 6) is -1.60. The molecule has 0 unspecified atom stereocenters. The van der Waals surface area contributed by atoms with Crippen molar-refractivity contribution in [2.75, 3.05) is 13.7 Å². The molecule has 3 aromatic carbocycles. The van der Waals surface area contributed by atoms with E-state index in [1.165, 1.54) is 7.11 Å². The van der Waals surface area contributed by atoms with E-state index >= 15 is 0 Å². The molecular weight excluding hydrogens is 390 g/mol. The summed E-state index contributed by atoms with van der Waals surface area (Å²) in [6.07, 6.45) is -0.238. The van der Waals surface area contributed by atoms with Crippen LogP contribution in [-0.2, 0) is 19.9 Å². The number of benzene rings is 3. The lowest BCUT2D eigenvalue weighted by molar-refractivity contribution is -0.153. The summed E-state index contributed by atoms with van der Waals surface area (Å²) in [5, 5.41) is 10.2. The van der Waals surface area contributed by atoms with Crippen LogP contribution >= 0.6 is 0 Å². The maximum Gasteiger partial charge on any atom is 0.321 e. The van der Waals surface area contributed by atoms with Crippen molar-refractivity contribution in [1.29, 1.82) is 0 Å². The van der Waals surface area contributed by atoms with Crippen molar-refractivity contribution >= 4 is 11.9 Å². The van der Waals surface area contributed by atoms with Gasteiger partial charge < -0.3 is 9.84 Å². The van der Waals surface area contributed by atoms with Crippen molar-refractivity contribution < 1.29 is 19.4 Å². The van der Waals surface area contributed by atoms with Crippen LogP contribution in [0.5, 0.6) is 0 Å². The highest BCUT2D eigenvalue weighted by Gasteiger charge is 2.52. The second kappa shape index (κ2) is 8.36. The Bertz CT molecular complexity index is 1060. The summed E-state index contributed by atoms with van der Waals surface area (Å²) >= 11 is 0. The maximum atomic E-state index is 12.5. The van der Waals surface area contributed by atoms with E-state index < -0.39 is 23.5 Å². The van der Waals surface area contributed by atoms with E-state index in [2.05, 4.69) is 24.3 Å². The zero-order chi connectivity index (χ0) is 22.0. The lowest BCUT2D eigenvalue weighted by Gasteiger charge is -2.45. The van der Waals surface area contributed by atoms with E-state index in [9.17, 15) is 14.7 Å². The molecular formula is C26H25NO4. The van der Waals surface area contributed by atoms with Gasteiger partial charge in [0, 0.05) is 0 Å². The van der Waals surface area contributed by atoms with E-state index in [1.807, 2.05) is 66.4 Å². The summed E-state index contributed by atoms with van der Waals surface area (Å²) in [6, 6.07) is 25.1. The van der Waals surface area contributed by atoms with E-state index in [1.54, 1.807) is 0 Å². The molecule has 1 aliphatic rings. The first-order chi connectivity index (χ1) is 15.1. The van der Waals surface area contributed by atoms with Crippen LogP contribution in [0.3, 0.4) is 0 Å². The number of carbonyl (C=O) groups is 2. The van der Waals surface area contributed by atoms with Gasteiger partial charge in [-0.05, 0) is 34.4 Å². The van der Waals surface area contributed by atoms with E-state index in [4.69, 9.17) is 4.74 Å². The second-order valence-corrected chi connectivity index (χ2v) is 7.59. The van der Waals surface area contributed by atoms with E-state index in [-0.39, 0.29) is 6.42 Å². The zero-order valence-corrected chi connectivity index (χ0v) is 17.6. The van der Waals surface area contributed by atoms with Crippen LogP contribution in [-0.4, -0.2) is 41.6 Å².